The Morgan fingerprint density at radius 2 is 2.35 bits per heavy atom. The van der Waals surface area contributed by atoms with E-state index in [0.717, 1.165) is 24.3 Å². The fourth-order valence-corrected chi connectivity index (χ4v) is 4.49. The highest BCUT2D eigenvalue weighted by Gasteiger charge is 2.39. The maximum absolute atomic E-state index is 5.66. The Morgan fingerprint density at radius 3 is 2.94 bits per heavy atom. The van der Waals surface area contributed by atoms with Gasteiger partial charge in [0.15, 0.2) is 5.13 Å². The van der Waals surface area contributed by atoms with Gasteiger partial charge in [0.1, 0.15) is 0 Å². The van der Waals surface area contributed by atoms with Crippen LogP contribution >= 0.6 is 11.3 Å². The van der Waals surface area contributed by atoms with Crippen molar-refractivity contribution in [3.05, 3.63) is 11.1 Å². The average Bonchev–Trinajstić information content (AvgIpc) is 2.95. The first-order chi connectivity index (χ1) is 8.20. The van der Waals surface area contributed by atoms with E-state index in [1.165, 1.54) is 37.1 Å². The molecule has 17 heavy (non-hydrogen) atoms. The molecule has 3 nitrogen and oxygen atoms in total. The van der Waals surface area contributed by atoms with Crippen molar-refractivity contribution in [2.24, 2.45) is 17.8 Å². The Balaban J connectivity index is 1.52. The first-order valence-corrected chi connectivity index (χ1v) is 7.41. The molecule has 4 heteroatoms. The summed E-state index contributed by atoms with van der Waals surface area (Å²) < 4.78 is 0. The van der Waals surface area contributed by atoms with Crippen LogP contribution in [0.15, 0.2) is 6.20 Å². The van der Waals surface area contributed by atoms with Gasteiger partial charge in [-0.1, -0.05) is 6.42 Å². The lowest BCUT2D eigenvalue weighted by Gasteiger charge is -2.26. The van der Waals surface area contributed by atoms with Crippen LogP contribution in [0.1, 0.15) is 30.6 Å². The van der Waals surface area contributed by atoms with Crippen molar-refractivity contribution in [2.75, 3.05) is 19.3 Å². The predicted molar refractivity (Wildman–Crippen MR) is 71.8 cm³/mol. The molecule has 0 saturated heterocycles. The van der Waals surface area contributed by atoms with Crippen LogP contribution in [-0.2, 0) is 6.54 Å². The zero-order valence-electron chi connectivity index (χ0n) is 10.4. The van der Waals surface area contributed by atoms with Crippen LogP contribution in [0.3, 0.4) is 0 Å². The van der Waals surface area contributed by atoms with E-state index in [1.54, 1.807) is 11.3 Å². The van der Waals surface area contributed by atoms with E-state index in [9.17, 15) is 0 Å². The number of hydrogen-bond donors (Lipinski definition) is 1. The number of rotatable bonds is 4. The number of nitrogens with zero attached hydrogens (tertiary/aromatic N) is 2. The van der Waals surface area contributed by atoms with Gasteiger partial charge in [-0.05, 0) is 44.1 Å². The Bertz CT molecular complexity index is 390. The fourth-order valence-electron chi connectivity index (χ4n) is 3.73. The van der Waals surface area contributed by atoms with E-state index in [4.69, 9.17) is 5.73 Å². The van der Waals surface area contributed by atoms with Crippen LogP contribution in [0.4, 0.5) is 5.13 Å². The molecule has 3 unspecified atom stereocenters. The normalized spacial score (nSPS) is 31.5. The molecular formula is C13H21N3S. The van der Waals surface area contributed by atoms with Crippen LogP contribution < -0.4 is 5.73 Å². The van der Waals surface area contributed by atoms with Crippen LogP contribution in [-0.4, -0.2) is 23.5 Å². The largest absolute Gasteiger partial charge is 0.375 e. The standard InChI is InChI=1S/C13H21N3S/c1-16(8-12-6-15-13(14)17-12)7-11-5-9-2-3-10(11)4-9/h6,9-11H,2-5,7-8H2,1H3,(H2,14,15). The maximum atomic E-state index is 5.66. The lowest BCUT2D eigenvalue weighted by Crippen LogP contribution is -2.28. The van der Waals surface area contributed by atoms with Crippen LogP contribution in [0.5, 0.6) is 0 Å². The predicted octanol–water partition coefficient (Wildman–Crippen LogP) is 2.59. The summed E-state index contributed by atoms with van der Waals surface area (Å²) in [6, 6.07) is 0. The number of anilines is 1. The molecule has 3 rings (SSSR count). The zero-order valence-corrected chi connectivity index (χ0v) is 11.2. The van der Waals surface area contributed by atoms with E-state index in [-0.39, 0.29) is 0 Å². The number of fused-ring (bicyclic) bond motifs is 2. The van der Waals surface area contributed by atoms with Gasteiger partial charge in [-0.2, -0.15) is 0 Å². The van der Waals surface area contributed by atoms with Crippen molar-refractivity contribution < 1.29 is 0 Å². The topological polar surface area (TPSA) is 42.2 Å². The molecule has 2 saturated carbocycles. The molecule has 3 atom stereocenters. The molecule has 0 radical (unpaired) electrons. The molecular weight excluding hydrogens is 230 g/mol. The van der Waals surface area contributed by atoms with Gasteiger partial charge < -0.3 is 10.6 Å². The van der Waals surface area contributed by atoms with E-state index in [0.29, 0.717) is 5.13 Å². The Labute approximate surface area is 107 Å². The van der Waals surface area contributed by atoms with Gasteiger partial charge in [0.05, 0.1) is 0 Å². The SMILES string of the molecule is CN(Cc1cnc(N)s1)CC1CC2CCC1C2. The highest BCUT2D eigenvalue weighted by Crippen LogP contribution is 2.48. The molecule has 2 aliphatic rings. The summed E-state index contributed by atoms with van der Waals surface area (Å²) in [5.41, 5.74) is 5.66. The number of aromatic nitrogens is 1. The van der Waals surface area contributed by atoms with Crippen LogP contribution in [0.2, 0.25) is 0 Å². The second-order valence-electron chi connectivity index (χ2n) is 5.80. The number of thiazole rings is 1. The van der Waals surface area contributed by atoms with E-state index in [2.05, 4.69) is 16.9 Å². The Hall–Kier alpha value is -0.610. The highest BCUT2D eigenvalue weighted by atomic mass is 32.1. The summed E-state index contributed by atoms with van der Waals surface area (Å²) in [5, 5.41) is 0.688. The zero-order chi connectivity index (χ0) is 11.8. The van der Waals surface area contributed by atoms with Crippen molar-refractivity contribution >= 4 is 16.5 Å². The average molecular weight is 251 g/mol. The third kappa shape index (κ3) is 2.47. The third-order valence-electron chi connectivity index (χ3n) is 4.43. The fraction of sp³-hybridized carbons (Fsp3) is 0.769. The summed E-state index contributed by atoms with van der Waals surface area (Å²) in [6.45, 7) is 2.25. The summed E-state index contributed by atoms with van der Waals surface area (Å²) in [4.78, 5) is 7.84. The first kappa shape index (κ1) is 11.5. The van der Waals surface area contributed by atoms with Crippen LogP contribution in [0.25, 0.3) is 0 Å². The van der Waals surface area contributed by atoms with Crippen molar-refractivity contribution in [3.63, 3.8) is 0 Å². The summed E-state index contributed by atoms with van der Waals surface area (Å²) in [7, 11) is 2.22. The molecule has 2 N–H and O–H groups in total. The van der Waals surface area contributed by atoms with E-state index < -0.39 is 0 Å². The summed E-state index contributed by atoms with van der Waals surface area (Å²) in [6.07, 6.45) is 7.87. The van der Waals surface area contributed by atoms with E-state index >= 15 is 0 Å². The molecule has 1 aromatic heterocycles. The van der Waals surface area contributed by atoms with Crippen molar-refractivity contribution in [1.82, 2.24) is 9.88 Å². The molecule has 2 aliphatic carbocycles. The number of nitrogen functional groups attached to an aromatic ring is 1. The van der Waals surface area contributed by atoms with Gasteiger partial charge in [-0.15, -0.1) is 11.3 Å². The first-order valence-electron chi connectivity index (χ1n) is 6.59. The molecule has 1 heterocycles. The lowest BCUT2D eigenvalue weighted by molar-refractivity contribution is 0.215. The molecule has 1 aromatic rings. The van der Waals surface area contributed by atoms with Crippen molar-refractivity contribution in [1.29, 1.82) is 0 Å². The molecule has 2 fully saturated rings. The Kier molecular flexibility index (Phi) is 3.09. The minimum absolute atomic E-state index is 0.688. The van der Waals surface area contributed by atoms with Crippen molar-refractivity contribution in [2.45, 2.75) is 32.2 Å². The van der Waals surface area contributed by atoms with Gasteiger partial charge >= 0.3 is 0 Å². The summed E-state index contributed by atoms with van der Waals surface area (Å²) in [5.74, 6) is 3.02. The minimum Gasteiger partial charge on any atom is -0.375 e. The van der Waals surface area contributed by atoms with Crippen LogP contribution in [0, 0.1) is 17.8 Å². The molecule has 0 aliphatic heterocycles. The van der Waals surface area contributed by atoms with Gasteiger partial charge in [-0.25, -0.2) is 4.98 Å². The molecule has 94 valence electrons. The second kappa shape index (κ2) is 4.58. The lowest BCUT2D eigenvalue weighted by atomic mass is 9.88. The quantitative estimate of drug-likeness (QED) is 0.894. The molecule has 0 spiro atoms. The molecule has 0 amide bonds. The minimum atomic E-state index is 0.688. The van der Waals surface area contributed by atoms with Gasteiger partial charge in [-0.3, -0.25) is 0 Å². The summed E-state index contributed by atoms with van der Waals surface area (Å²) >= 11 is 1.61. The second-order valence-corrected chi connectivity index (χ2v) is 6.94. The van der Waals surface area contributed by atoms with Gasteiger partial charge in [0, 0.05) is 24.2 Å². The number of nitrogens with two attached hydrogens (primary N) is 1. The maximum Gasteiger partial charge on any atom is 0.180 e. The van der Waals surface area contributed by atoms with E-state index in [1.807, 2.05) is 6.20 Å². The third-order valence-corrected chi connectivity index (χ3v) is 5.24. The van der Waals surface area contributed by atoms with Gasteiger partial charge in [0.2, 0.25) is 0 Å². The Morgan fingerprint density at radius 1 is 1.47 bits per heavy atom. The number of hydrogen-bond acceptors (Lipinski definition) is 4. The highest BCUT2D eigenvalue weighted by molar-refractivity contribution is 7.15. The molecule has 0 aromatic carbocycles. The monoisotopic (exact) mass is 251 g/mol. The van der Waals surface area contributed by atoms with Gasteiger partial charge in [0.25, 0.3) is 0 Å². The smallest absolute Gasteiger partial charge is 0.180 e. The van der Waals surface area contributed by atoms with Crippen molar-refractivity contribution in [3.8, 4) is 0 Å². The molecule has 2 bridgehead atoms.